The summed E-state index contributed by atoms with van der Waals surface area (Å²) < 4.78 is 5.70. The quantitative estimate of drug-likeness (QED) is 0.336. The van der Waals surface area contributed by atoms with E-state index in [2.05, 4.69) is 51.2 Å². The van der Waals surface area contributed by atoms with E-state index < -0.39 is 0 Å². The van der Waals surface area contributed by atoms with Gasteiger partial charge in [0.25, 0.3) is 5.91 Å². The Balaban J connectivity index is 1.27. The van der Waals surface area contributed by atoms with Gasteiger partial charge in [-0.05, 0) is 80.8 Å². The Bertz CT molecular complexity index is 1250. The van der Waals surface area contributed by atoms with E-state index in [1.165, 1.54) is 5.56 Å². The molecule has 2 aliphatic rings. The average molecular weight is 527 g/mol. The first-order valence-electron chi connectivity index (χ1n) is 14.0. The fourth-order valence-electron chi connectivity index (χ4n) is 5.43. The number of amides is 3. The van der Waals surface area contributed by atoms with Crippen molar-refractivity contribution >= 4 is 29.0 Å². The van der Waals surface area contributed by atoms with Crippen LogP contribution in [0.1, 0.15) is 47.2 Å². The molecule has 0 radical (unpaired) electrons. The molecule has 0 bridgehead atoms. The molecule has 0 spiro atoms. The fraction of sp³-hybridized carbons (Fsp3) is 0.375. The standard InChI is InChI=1S/C32H38N4O3/c1-23-9-11-26(12-10-23)34-32(38)35-27-13-14-30(29(21-27)31(37)33-22-28-8-5-19-39-28)36-17-15-25(16-18-36)20-24-6-3-2-4-7-24/h2-4,6-7,9-14,21,25,28H,5,8,15-20,22H2,1H3,(H,33,37)(H2,34,35,38). The lowest BCUT2D eigenvalue weighted by molar-refractivity contribution is 0.0858. The summed E-state index contributed by atoms with van der Waals surface area (Å²) in [6.07, 6.45) is 5.28. The maximum atomic E-state index is 13.4. The number of benzene rings is 3. The monoisotopic (exact) mass is 526 g/mol. The van der Waals surface area contributed by atoms with Crippen molar-refractivity contribution in [1.29, 1.82) is 0 Å². The van der Waals surface area contributed by atoms with Gasteiger partial charge in [-0.2, -0.15) is 0 Å². The Labute approximate surface area is 230 Å². The molecule has 2 aliphatic heterocycles. The highest BCUT2D eigenvalue weighted by atomic mass is 16.5. The molecule has 3 aromatic carbocycles. The van der Waals surface area contributed by atoms with Crippen LogP contribution in [0.4, 0.5) is 21.9 Å². The van der Waals surface area contributed by atoms with Crippen molar-refractivity contribution in [1.82, 2.24) is 5.32 Å². The molecule has 204 valence electrons. The molecular formula is C32H38N4O3. The number of nitrogens with zero attached hydrogens (tertiary/aromatic N) is 1. The number of aryl methyl sites for hydroxylation is 1. The van der Waals surface area contributed by atoms with Gasteiger partial charge < -0.3 is 25.6 Å². The third-order valence-electron chi connectivity index (χ3n) is 7.65. The van der Waals surface area contributed by atoms with Crippen molar-refractivity contribution in [3.8, 4) is 0 Å². The molecule has 1 unspecified atom stereocenters. The molecule has 0 aliphatic carbocycles. The topological polar surface area (TPSA) is 82.7 Å². The molecule has 3 aromatic rings. The van der Waals surface area contributed by atoms with Crippen molar-refractivity contribution in [2.75, 3.05) is 41.8 Å². The Morgan fingerprint density at radius 3 is 2.33 bits per heavy atom. The Morgan fingerprint density at radius 1 is 0.897 bits per heavy atom. The maximum absolute atomic E-state index is 13.4. The van der Waals surface area contributed by atoms with Gasteiger partial charge in [-0.1, -0.05) is 48.0 Å². The van der Waals surface area contributed by atoms with Gasteiger partial charge in [0.15, 0.2) is 0 Å². The van der Waals surface area contributed by atoms with Crippen molar-refractivity contribution in [2.45, 2.75) is 45.1 Å². The molecule has 0 saturated carbocycles. The fourth-order valence-corrected chi connectivity index (χ4v) is 5.43. The Morgan fingerprint density at radius 2 is 1.62 bits per heavy atom. The number of piperidine rings is 1. The predicted octanol–water partition coefficient (Wildman–Crippen LogP) is 6.01. The SMILES string of the molecule is Cc1ccc(NC(=O)Nc2ccc(N3CCC(Cc4ccccc4)CC3)c(C(=O)NCC3CCCO3)c2)cc1. The normalized spacial score (nSPS) is 17.6. The van der Waals surface area contributed by atoms with Crippen molar-refractivity contribution in [3.05, 3.63) is 89.5 Å². The molecular weight excluding hydrogens is 488 g/mol. The van der Waals surface area contributed by atoms with Gasteiger partial charge in [-0.3, -0.25) is 4.79 Å². The number of urea groups is 1. The zero-order chi connectivity index (χ0) is 27.0. The molecule has 2 fully saturated rings. The molecule has 39 heavy (non-hydrogen) atoms. The maximum Gasteiger partial charge on any atom is 0.323 e. The highest BCUT2D eigenvalue weighted by Crippen LogP contribution is 2.30. The smallest absolute Gasteiger partial charge is 0.323 e. The summed E-state index contributed by atoms with van der Waals surface area (Å²) in [6.45, 7) is 5.03. The van der Waals surface area contributed by atoms with E-state index in [1.807, 2.05) is 43.3 Å². The molecule has 3 amide bonds. The zero-order valence-corrected chi connectivity index (χ0v) is 22.6. The number of hydrogen-bond donors (Lipinski definition) is 3. The lowest BCUT2D eigenvalue weighted by Gasteiger charge is -2.35. The molecule has 2 saturated heterocycles. The van der Waals surface area contributed by atoms with Crippen LogP contribution >= 0.6 is 0 Å². The van der Waals surface area contributed by atoms with Crippen LogP contribution in [0.15, 0.2) is 72.8 Å². The summed E-state index contributed by atoms with van der Waals surface area (Å²) in [4.78, 5) is 28.4. The number of nitrogens with one attached hydrogen (secondary N) is 3. The first-order chi connectivity index (χ1) is 19.0. The Kier molecular flexibility index (Phi) is 8.78. The van der Waals surface area contributed by atoms with E-state index in [-0.39, 0.29) is 18.0 Å². The second-order valence-electron chi connectivity index (χ2n) is 10.6. The summed E-state index contributed by atoms with van der Waals surface area (Å²) >= 11 is 0. The average Bonchev–Trinajstić information content (AvgIpc) is 3.48. The highest BCUT2D eigenvalue weighted by Gasteiger charge is 2.25. The number of rotatable bonds is 8. The minimum Gasteiger partial charge on any atom is -0.376 e. The van der Waals surface area contributed by atoms with Gasteiger partial charge in [0, 0.05) is 43.3 Å². The second kappa shape index (κ2) is 12.8. The van der Waals surface area contributed by atoms with Crippen molar-refractivity contribution in [3.63, 3.8) is 0 Å². The predicted molar refractivity (Wildman–Crippen MR) is 157 cm³/mol. The largest absolute Gasteiger partial charge is 0.376 e. The minimum absolute atomic E-state index is 0.0627. The van der Waals surface area contributed by atoms with E-state index >= 15 is 0 Å². The van der Waals surface area contributed by atoms with Crippen LogP contribution in [-0.2, 0) is 11.2 Å². The van der Waals surface area contributed by atoms with Gasteiger partial charge >= 0.3 is 6.03 Å². The second-order valence-corrected chi connectivity index (χ2v) is 10.6. The van der Waals surface area contributed by atoms with Crippen LogP contribution in [0.3, 0.4) is 0 Å². The summed E-state index contributed by atoms with van der Waals surface area (Å²) in [5, 5.41) is 8.81. The van der Waals surface area contributed by atoms with Crippen molar-refractivity contribution < 1.29 is 14.3 Å². The number of carbonyl (C=O) groups is 2. The van der Waals surface area contributed by atoms with E-state index in [9.17, 15) is 9.59 Å². The van der Waals surface area contributed by atoms with Gasteiger partial charge in [0.1, 0.15) is 0 Å². The molecule has 7 nitrogen and oxygen atoms in total. The third-order valence-corrected chi connectivity index (χ3v) is 7.65. The molecule has 3 N–H and O–H groups in total. The van der Waals surface area contributed by atoms with Crippen LogP contribution < -0.4 is 20.9 Å². The molecule has 5 rings (SSSR count). The molecule has 7 heteroatoms. The van der Waals surface area contributed by atoms with Crippen molar-refractivity contribution in [2.24, 2.45) is 5.92 Å². The summed E-state index contributed by atoms with van der Waals surface area (Å²) in [5.74, 6) is 0.487. The lowest BCUT2D eigenvalue weighted by Crippen LogP contribution is -2.37. The van der Waals surface area contributed by atoms with E-state index in [4.69, 9.17) is 4.74 Å². The first kappa shape index (κ1) is 26.8. The summed E-state index contributed by atoms with van der Waals surface area (Å²) in [5.41, 5.74) is 5.26. The number of hydrogen-bond acceptors (Lipinski definition) is 4. The third kappa shape index (κ3) is 7.39. The van der Waals surface area contributed by atoms with Gasteiger partial charge in [0.05, 0.1) is 11.7 Å². The highest BCUT2D eigenvalue weighted by molar-refractivity contribution is 6.04. The first-order valence-corrected chi connectivity index (χ1v) is 14.0. The van der Waals surface area contributed by atoms with Crippen LogP contribution in [0.2, 0.25) is 0 Å². The zero-order valence-electron chi connectivity index (χ0n) is 22.6. The van der Waals surface area contributed by atoms with E-state index in [0.29, 0.717) is 29.4 Å². The van der Waals surface area contributed by atoms with Gasteiger partial charge in [0.2, 0.25) is 0 Å². The number of ether oxygens (including phenoxy) is 1. The number of carbonyl (C=O) groups excluding carboxylic acids is 2. The molecule has 1 atom stereocenters. The van der Waals surface area contributed by atoms with Crippen LogP contribution in [0, 0.1) is 12.8 Å². The lowest BCUT2D eigenvalue weighted by atomic mass is 9.89. The van der Waals surface area contributed by atoms with E-state index in [1.54, 1.807) is 6.07 Å². The van der Waals surface area contributed by atoms with Crippen LogP contribution in [-0.4, -0.2) is 44.3 Å². The number of anilines is 3. The molecule has 0 aromatic heterocycles. The van der Waals surface area contributed by atoms with Gasteiger partial charge in [-0.25, -0.2) is 4.79 Å². The van der Waals surface area contributed by atoms with E-state index in [0.717, 1.165) is 63.1 Å². The Hall–Kier alpha value is -3.84. The van der Waals surface area contributed by atoms with Crippen LogP contribution in [0.5, 0.6) is 0 Å². The minimum atomic E-state index is -0.348. The summed E-state index contributed by atoms with van der Waals surface area (Å²) in [6, 6.07) is 23.5. The summed E-state index contributed by atoms with van der Waals surface area (Å²) in [7, 11) is 0. The molecule has 2 heterocycles. The van der Waals surface area contributed by atoms with Gasteiger partial charge in [-0.15, -0.1) is 0 Å². The van der Waals surface area contributed by atoms with Crippen LogP contribution in [0.25, 0.3) is 0 Å².